The van der Waals surface area contributed by atoms with Gasteiger partial charge in [0, 0.05) is 9.50 Å². The van der Waals surface area contributed by atoms with Gasteiger partial charge in [0.05, 0.1) is 11.4 Å². The number of rotatable bonds is 3. The second-order valence-electron chi connectivity index (χ2n) is 4.37. The molecule has 112 valence electrons. The van der Waals surface area contributed by atoms with Crippen LogP contribution in [0, 0.1) is 12.7 Å². The molecule has 4 nitrogen and oxygen atoms in total. The quantitative estimate of drug-likeness (QED) is 0.776. The van der Waals surface area contributed by atoms with Crippen LogP contribution in [0.2, 0.25) is 5.02 Å². The zero-order chi connectivity index (χ0) is 15.8. The molecule has 0 unspecified atom stereocenters. The Balaban J connectivity index is 2.43. The molecule has 0 amide bonds. The average molecular weight is 394 g/mol. The fourth-order valence-corrected chi connectivity index (χ4v) is 3.90. The molecule has 0 fully saturated rings. The summed E-state index contributed by atoms with van der Waals surface area (Å²) in [6.45, 7) is 1.80. The van der Waals surface area contributed by atoms with Crippen molar-refractivity contribution >= 4 is 48.9 Å². The zero-order valence-electron chi connectivity index (χ0n) is 10.8. The highest BCUT2D eigenvalue weighted by Gasteiger charge is 2.20. The van der Waals surface area contributed by atoms with Crippen molar-refractivity contribution in [1.82, 2.24) is 0 Å². The summed E-state index contributed by atoms with van der Waals surface area (Å²) in [5, 5.41) is 0.438. The van der Waals surface area contributed by atoms with E-state index < -0.39 is 15.8 Å². The normalized spacial score (nSPS) is 11.4. The van der Waals surface area contributed by atoms with Gasteiger partial charge in [-0.3, -0.25) is 4.72 Å². The van der Waals surface area contributed by atoms with Gasteiger partial charge in [-0.2, -0.15) is 0 Å². The van der Waals surface area contributed by atoms with Crippen LogP contribution in [0.25, 0.3) is 0 Å². The fourth-order valence-electron chi connectivity index (χ4n) is 1.62. The van der Waals surface area contributed by atoms with Crippen LogP contribution >= 0.6 is 27.5 Å². The maximum atomic E-state index is 13.3. The molecule has 0 saturated heterocycles. The summed E-state index contributed by atoms with van der Waals surface area (Å²) in [5.74, 6) is -0.695. The lowest BCUT2D eigenvalue weighted by Gasteiger charge is -2.11. The molecule has 0 aromatic heterocycles. The number of halogens is 3. The summed E-state index contributed by atoms with van der Waals surface area (Å²) in [6.07, 6.45) is 0. The van der Waals surface area contributed by atoms with Crippen molar-refractivity contribution < 1.29 is 12.8 Å². The minimum absolute atomic E-state index is 0.0832. The maximum absolute atomic E-state index is 13.3. The summed E-state index contributed by atoms with van der Waals surface area (Å²) in [6, 6.07) is 6.83. The third kappa shape index (κ3) is 3.48. The van der Waals surface area contributed by atoms with Gasteiger partial charge >= 0.3 is 0 Å². The van der Waals surface area contributed by atoms with Gasteiger partial charge in [-0.05, 0) is 52.7 Å². The molecular formula is C13H11BrClFN2O2S. The zero-order valence-corrected chi connectivity index (χ0v) is 14.0. The maximum Gasteiger partial charge on any atom is 0.263 e. The van der Waals surface area contributed by atoms with Gasteiger partial charge in [0.25, 0.3) is 10.0 Å². The van der Waals surface area contributed by atoms with E-state index in [0.29, 0.717) is 10.7 Å². The van der Waals surface area contributed by atoms with Crippen molar-refractivity contribution in [1.29, 1.82) is 0 Å². The molecule has 21 heavy (non-hydrogen) atoms. The number of nitrogens with one attached hydrogen (secondary N) is 1. The number of aryl methyl sites for hydroxylation is 1. The van der Waals surface area contributed by atoms with Gasteiger partial charge < -0.3 is 5.73 Å². The number of nitrogens with two attached hydrogens (primary N) is 1. The molecule has 0 spiro atoms. The lowest BCUT2D eigenvalue weighted by Crippen LogP contribution is -2.14. The third-order valence-corrected chi connectivity index (χ3v) is 5.51. The van der Waals surface area contributed by atoms with E-state index in [1.54, 1.807) is 19.1 Å². The second-order valence-corrected chi connectivity index (χ2v) is 7.29. The molecule has 2 aromatic rings. The molecule has 0 heterocycles. The van der Waals surface area contributed by atoms with E-state index in [1.165, 1.54) is 6.07 Å². The predicted molar refractivity (Wildman–Crippen MR) is 85.5 cm³/mol. The summed E-state index contributed by atoms with van der Waals surface area (Å²) >= 11 is 8.97. The summed E-state index contributed by atoms with van der Waals surface area (Å²) < 4.78 is 40.4. The van der Waals surface area contributed by atoms with Crippen LogP contribution in [0.5, 0.6) is 0 Å². The van der Waals surface area contributed by atoms with E-state index in [2.05, 4.69) is 20.7 Å². The molecule has 0 aliphatic rings. The Morgan fingerprint density at radius 1 is 1.29 bits per heavy atom. The molecular weight excluding hydrogens is 383 g/mol. The topological polar surface area (TPSA) is 72.2 Å². The van der Waals surface area contributed by atoms with Crippen LogP contribution < -0.4 is 10.5 Å². The van der Waals surface area contributed by atoms with Crippen molar-refractivity contribution in [3.63, 3.8) is 0 Å². The Labute approximate surface area is 135 Å². The van der Waals surface area contributed by atoms with Gasteiger partial charge in [-0.1, -0.05) is 17.7 Å². The number of hydrogen-bond donors (Lipinski definition) is 2. The van der Waals surface area contributed by atoms with Crippen LogP contribution in [0.3, 0.4) is 0 Å². The minimum atomic E-state index is -3.92. The van der Waals surface area contributed by atoms with E-state index in [-0.39, 0.29) is 15.1 Å². The van der Waals surface area contributed by atoms with Crippen molar-refractivity contribution in [2.45, 2.75) is 11.8 Å². The highest BCUT2D eigenvalue weighted by atomic mass is 79.9. The van der Waals surface area contributed by atoms with Crippen LogP contribution in [0.15, 0.2) is 39.7 Å². The standard InChI is InChI=1S/C13H11BrClFN2O2S/c1-7-2-3-8(4-10(7)15)18-21(19,20)13-6-12(17)11(16)5-9(13)14/h2-6,18H,17H2,1H3. The largest absolute Gasteiger partial charge is 0.396 e. The molecule has 0 atom stereocenters. The first kappa shape index (κ1) is 16.1. The predicted octanol–water partition coefficient (Wildman–Crippen LogP) is 3.93. The van der Waals surface area contributed by atoms with Gasteiger partial charge in [0.15, 0.2) is 0 Å². The number of benzene rings is 2. The van der Waals surface area contributed by atoms with Gasteiger partial charge in [-0.25, -0.2) is 12.8 Å². The van der Waals surface area contributed by atoms with Crippen LogP contribution in [-0.4, -0.2) is 8.42 Å². The van der Waals surface area contributed by atoms with Crippen molar-refractivity contribution in [3.8, 4) is 0 Å². The van der Waals surface area contributed by atoms with Crippen molar-refractivity contribution in [3.05, 3.63) is 51.2 Å². The smallest absolute Gasteiger partial charge is 0.263 e. The lowest BCUT2D eigenvalue weighted by molar-refractivity contribution is 0.599. The third-order valence-electron chi connectivity index (χ3n) is 2.76. The van der Waals surface area contributed by atoms with E-state index in [0.717, 1.165) is 17.7 Å². The van der Waals surface area contributed by atoms with Crippen LogP contribution in [0.4, 0.5) is 15.8 Å². The molecule has 3 N–H and O–H groups in total. The van der Waals surface area contributed by atoms with Gasteiger partial charge in [-0.15, -0.1) is 0 Å². The molecule has 0 saturated carbocycles. The Hall–Kier alpha value is -1.31. The summed E-state index contributed by atoms with van der Waals surface area (Å²) in [4.78, 5) is -0.155. The monoisotopic (exact) mass is 392 g/mol. The second kappa shape index (κ2) is 5.82. The van der Waals surface area contributed by atoms with E-state index in [1.807, 2.05) is 0 Å². The number of hydrogen-bond acceptors (Lipinski definition) is 3. The first-order valence-electron chi connectivity index (χ1n) is 5.74. The Morgan fingerprint density at radius 3 is 2.57 bits per heavy atom. The summed E-state index contributed by atoms with van der Waals surface area (Å²) in [7, 11) is -3.92. The Kier molecular flexibility index (Phi) is 4.46. The molecule has 0 bridgehead atoms. The highest BCUT2D eigenvalue weighted by molar-refractivity contribution is 9.10. The van der Waals surface area contributed by atoms with Crippen LogP contribution in [-0.2, 0) is 10.0 Å². The lowest BCUT2D eigenvalue weighted by atomic mass is 10.2. The Morgan fingerprint density at radius 2 is 1.95 bits per heavy atom. The molecule has 0 radical (unpaired) electrons. The minimum Gasteiger partial charge on any atom is -0.396 e. The van der Waals surface area contributed by atoms with Crippen LogP contribution in [0.1, 0.15) is 5.56 Å². The van der Waals surface area contributed by atoms with Crippen molar-refractivity contribution in [2.75, 3.05) is 10.5 Å². The summed E-state index contributed by atoms with van der Waals surface area (Å²) in [5.41, 5.74) is 6.30. The highest BCUT2D eigenvalue weighted by Crippen LogP contribution is 2.29. The van der Waals surface area contributed by atoms with E-state index in [4.69, 9.17) is 17.3 Å². The van der Waals surface area contributed by atoms with E-state index >= 15 is 0 Å². The number of sulfonamides is 1. The fraction of sp³-hybridized carbons (Fsp3) is 0.0769. The van der Waals surface area contributed by atoms with Gasteiger partial charge in [0.2, 0.25) is 0 Å². The molecule has 8 heteroatoms. The average Bonchev–Trinajstić information content (AvgIpc) is 2.37. The van der Waals surface area contributed by atoms with Gasteiger partial charge in [0.1, 0.15) is 10.7 Å². The number of anilines is 2. The SMILES string of the molecule is Cc1ccc(NS(=O)(=O)c2cc(N)c(F)cc2Br)cc1Cl. The first-order valence-corrected chi connectivity index (χ1v) is 8.39. The molecule has 2 aromatic carbocycles. The van der Waals surface area contributed by atoms with Crippen molar-refractivity contribution in [2.24, 2.45) is 0 Å². The molecule has 0 aliphatic heterocycles. The number of nitrogen functional groups attached to an aromatic ring is 1. The van der Waals surface area contributed by atoms with E-state index in [9.17, 15) is 12.8 Å². The molecule has 2 rings (SSSR count). The first-order chi connectivity index (χ1) is 9.70. The molecule has 0 aliphatic carbocycles. The Bertz CT molecular complexity index is 812.